The molecule has 1 aromatic rings. The van der Waals surface area contributed by atoms with Gasteiger partial charge < -0.3 is 26.2 Å². The van der Waals surface area contributed by atoms with Gasteiger partial charge >= 0.3 is 12.1 Å². The van der Waals surface area contributed by atoms with Crippen LogP contribution in [0.5, 0.6) is 0 Å². The Bertz CT molecular complexity index is 477. The van der Waals surface area contributed by atoms with Crippen LogP contribution in [0.4, 0.5) is 4.79 Å². The minimum Gasteiger partial charge on any atom is -0.479 e. The summed E-state index contributed by atoms with van der Waals surface area (Å²) in [4.78, 5) is 32.9. The average molecular weight is 281 g/mol. The van der Waals surface area contributed by atoms with E-state index in [0.29, 0.717) is 0 Å². The quantitative estimate of drug-likeness (QED) is 0.515. The summed E-state index contributed by atoms with van der Waals surface area (Å²) in [6.07, 6.45) is -2.29. The topological polar surface area (TPSA) is 131 Å². The van der Waals surface area contributed by atoms with Gasteiger partial charge in [-0.3, -0.25) is 4.79 Å². The lowest BCUT2D eigenvalue weighted by Crippen LogP contribution is -2.50. The number of hydrogen-bond donors (Lipinski definition) is 4. The van der Waals surface area contributed by atoms with Gasteiger partial charge in [0.05, 0.1) is 0 Å². The number of benzene rings is 1. The standard InChI is InChI=1S/C12H15N3O5/c13-10(11(17)18)15-9(16)6-14-12(19)20-7-8-4-2-1-3-5-8/h1-5,10H,6-7,13H2,(H,14,19)(H,15,16)(H,17,18). The molecule has 20 heavy (non-hydrogen) atoms. The normalized spacial score (nSPS) is 11.2. The minimum atomic E-state index is -1.51. The van der Waals surface area contributed by atoms with E-state index >= 15 is 0 Å². The van der Waals surface area contributed by atoms with Crippen molar-refractivity contribution in [2.45, 2.75) is 12.8 Å². The largest absolute Gasteiger partial charge is 0.479 e. The number of amides is 2. The Hall–Kier alpha value is -2.61. The molecule has 0 spiro atoms. The number of nitrogens with two attached hydrogens (primary N) is 1. The van der Waals surface area contributed by atoms with Gasteiger partial charge in [-0.2, -0.15) is 0 Å². The van der Waals surface area contributed by atoms with E-state index in [4.69, 9.17) is 15.6 Å². The first kappa shape index (κ1) is 15.4. The molecule has 5 N–H and O–H groups in total. The molecule has 0 aromatic heterocycles. The zero-order chi connectivity index (χ0) is 15.0. The van der Waals surface area contributed by atoms with E-state index in [9.17, 15) is 14.4 Å². The molecule has 0 saturated carbocycles. The number of aliphatic carboxylic acids is 1. The molecule has 1 atom stereocenters. The van der Waals surface area contributed by atoms with Gasteiger partial charge in [-0.05, 0) is 5.56 Å². The molecule has 0 aliphatic carbocycles. The molecule has 0 aliphatic heterocycles. The van der Waals surface area contributed by atoms with Gasteiger partial charge in [-0.15, -0.1) is 0 Å². The highest BCUT2D eigenvalue weighted by Crippen LogP contribution is 2.00. The molecular weight excluding hydrogens is 266 g/mol. The third-order valence-electron chi connectivity index (χ3n) is 2.19. The maximum Gasteiger partial charge on any atom is 0.407 e. The van der Waals surface area contributed by atoms with Crippen LogP contribution in [0.15, 0.2) is 30.3 Å². The fourth-order valence-electron chi connectivity index (χ4n) is 1.21. The number of carbonyl (C=O) groups is 3. The number of alkyl carbamates (subject to hydrolysis) is 1. The van der Waals surface area contributed by atoms with Gasteiger partial charge in [0, 0.05) is 0 Å². The summed E-state index contributed by atoms with van der Waals surface area (Å²) in [5, 5.41) is 12.6. The van der Waals surface area contributed by atoms with Gasteiger partial charge in [0.1, 0.15) is 13.2 Å². The molecule has 108 valence electrons. The minimum absolute atomic E-state index is 0.0724. The lowest BCUT2D eigenvalue weighted by molar-refractivity contribution is -0.141. The summed E-state index contributed by atoms with van der Waals surface area (Å²) in [6, 6.07) is 9.01. The van der Waals surface area contributed by atoms with Crippen molar-refractivity contribution < 1.29 is 24.2 Å². The maximum atomic E-state index is 11.3. The van der Waals surface area contributed by atoms with Gasteiger partial charge in [0.2, 0.25) is 5.91 Å². The predicted molar refractivity (Wildman–Crippen MR) is 68.4 cm³/mol. The van der Waals surface area contributed by atoms with Crippen LogP contribution in [0.2, 0.25) is 0 Å². The van der Waals surface area contributed by atoms with Crippen molar-refractivity contribution in [2.75, 3.05) is 6.54 Å². The zero-order valence-electron chi connectivity index (χ0n) is 10.5. The van der Waals surface area contributed by atoms with Crippen LogP contribution in [0.1, 0.15) is 5.56 Å². The van der Waals surface area contributed by atoms with Crippen LogP contribution in [-0.2, 0) is 20.9 Å². The predicted octanol–water partition coefficient (Wildman–Crippen LogP) is -0.602. The molecule has 1 aromatic carbocycles. The third-order valence-corrected chi connectivity index (χ3v) is 2.19. The first-order valence-corrected chi connectivity index (χ1v) is 5.71. The summed E-state index contributed by atoms with van der Waals surface area (Å²) in [7, 11) is 0. The fraction of sp³-hybridized carbons (Fsp3) is 0.250. The number of hydrogen-bond acceptors (Lipinski definition) is 5. The lowest BCUT2D eigenvalue weighted by atomic mass is 10.2. The highest BCUT2D eigenvalue weighted by molar-refractivity contribution is 5.86. The lowest BCUT2D eigenvalue weighted by Gasteiger charge is -2.10. The molecule has 1 rings (SSSR count). The molecule has 0 radical (unpaired) electrons. The van der Waals surface area contributed by atoms with E-state index < -0.39 is 30.7 Å². The van der Waals surface area contributed by atoms with Crippen molar-refractivity contribution in [1.29, 1.82) is 0 Å². The first-order chi connectivity index (χ1) is 9.49. The number of carbonyl (C=O) groups excluding carboxylic acids is 2. The van der Waals surface area contributed by atoms with Gasteiger partial charge in [-0.1, -0.05) is 30.3 Å². The van der Waals surface area contributed by atoms with Crippen LogP contribution < -0.4 is 16.4 Å². The molecular formula is C12H15N3O5. The average Bonchev–Trinajstić information content (AvgIpc) is 2.43. The van der Waals surface area contributed by atoms with Gasteiger partial charge in [-0.25, -0.2) is 9.59 Å². The summed E-state index contributed by atoms with van der Waals surface area (Å²) in [5.41, 5.74) is 5.89. The number of carboxylic acid groups (broad SMARTS) is 1. The Kier molecular flexibility index (Phi) is 5.98. The fourth-order valence-corrected chi connectivity index (χ4v) is 1.21. The molecule has 0 saturated heterocycles. The van der Waals surface area contributed by atoms with E-state index in [2.05, 4.69) is 5.32 Å². The molecule has 0 aliphatic rings. The Labute approximate surface area is 114 Å². The molecule has 8 heteroatoms. The summed E-state index contributed by atoms with van der Waals surface area (Å²) in [5.74, 6) is -2.10. The maximum absolute atomic E-state index is 11.3. The van der Waals surface area contributed by atoms with Gasteiger partial charge in [0.15, 0.2) is 6.17 Å². The summed E-state index contributed by atoms with van der Waals surface area (Å²) >= 11 is 0. The second kappa shape index (κ2) is 7.74. The highest BCUT2D eigenvalue weighted by atomic mass is 16.5. The Morgan fingerprint density at radius 1 is 1.25 bits per heavy atom. The second-order valence-electron chi connectivity index (χ2n) is 3.80. The van der Waals surface area contributed by atoms with Gasteiger partial charge in [0.25, 0.3) is 0 Å². The summed E-state index contributed by atoms with van der Waals surface area (Å²) in [6.45, 7) is -0.350. The number of rotatable bonds is 6. The van der Waals surface area contributed by atoms with Crippen LogP contribution in [0.3, 0.4) is 0 Å². The SMILES string of the molecule is NC(NC(=O)CNC(=O)OCc1ccccc1)C(=O)O. The van der Waals surface area contributed by atoms with Crippen molar-refractivity contribution in [3.8, 4) is 0 Å². The number of carboxylic acids is 1. The van der Waals surface area contributed by atoms with Crippen molar-refractivity contribution in [3.63, 3.8) is 0 Å². The van der Waals surface area contributed by atoms with E-state index in [1.165, 1.54) is 0 Å². The third kappa shape index (κ3) is 5.83. The Morgan fingerprint density at radius 3 is 2.50 bits per heavy atom. The Morgan fingerprint density at radius 2 is 1.90 bits per heavy atom. The van der Waals surface area contributed by atoms with E-state index in [0.717, 1.165) is 5.56 Å². The highest BCUT2D eigenvalue weighted by Gasteiger charge is 2.14. The second-order valence-corrected chi connectivity index (χ2v) is 3.80. The molecule has 0 fully saturated rings. The molecule has 8 nitrogen and oxygen atoms in total. The van der Waals surface area contributed by atoms with Crippen molar-refractivity contribution in [1.82, 2.24) is 10.6 Å². The summed E-state index contributed by atoms with van der Waals surface area (Å²) < 4.78 is 4.85. The number of ether oxygens (including phenoxy) is 1. The number of nitrogens with one attached hydrogen (secondary N) is 2. The first-order valence-electron chi connectivity index (χ1n) is 5.71. The monoisotopic (exact) mass is 281 g/mol. The molecule has 0 heterocycles. The van der Waals surface area contributed by atoms with Crippen LogP contribution in [-0.4, -0.2) is 35.8 Å². The van der Waals surface area contributed by atoms with Crippen molar-refractivity contribution >= 4 is 18.0 Å². The Balaban J connectivity index is 2.23. The molecule has 2 amide bonds. The van der Waals surface area contributed by atoms with Crippen molar-refractivity contribution in [2.24, 2.45) is 5.73 Å². The van der Waals surface area contributed by atoms with E-state index in [-0.39, 0.29) is 6.61 Å². The zero-order valence-corrected chi connectivity index (χ0v) is 10.5. The van der Waals surface area contributed by atoms with E-state index in [1.54, 1.807) is 24.3 Å². The molecule has 0 bridgehead atoms. The smallest absolute Gasteiger partial charge is 0.407 e. The van der Waals surface area contributed by atoms with Crippen LogP contribution in [0, 0.1) is 0 Å². The van der Waals surface area contributed by atoms with E-state index in [1.807, 2.05) is 11.4 Å². The van der Waals surface area contributed by atoms with Crippen LogP contribution >= 0.6 is 0 Å². The van der Waals surface area contributed by atoms with Crippen LogP contribution in [0.25, 0.3) is 0 Å². The molecule has 1 unspecified atom stereocenters. The van der Waals surface area contributed by atoms with Crippen molar-refractivity contribution in [3.05, 3.63) is 35.9 Å².